The Hall–Kier alpha value is -2.86. The second-order valence-electron chi connectivity index (χ2n) is 6.10. The normalized spacial score (nSPS) is 10.4. The van der Waals surface area contributed by atoms with Crippen LogP contribution >= 0.6 is 11.3 Å². The molecule has 0 bridgehead atoms. The van der Waals surface area contributed by atoms with Gasteiger partial charge in [-0.15, -0.1) is 0 Å². The third kappa shape index (κ3) is 5.82. The highest BCUT2D eigenvalue weighted by atomic mass is 32.1. The Morgan fingerprint density at radius 2 is 2.04 bits per heavy atom. The molecule has 0 radical (unpaired) electrons. The zero-order valence-corrected chi connectivity index (χ0v) is 16.1. The molecule has 2 heterocycles. The number of benzene rings is 1. The molecule has 140 valence electrons. The minimum absolute atomic E-state index is 0.247. The summed E-state index contributed by atoms with van der Waals surface area (Å²) in [6, 6.07) is 13.1. The fraction of sp³-hybridized carbons (Fsp3) is 0.238. The number of nitrogens with one attached hydrogen (secondary N) is 2. The Bertz CT molecular complexity index is 848. The van der Waals surface area contributed by atoms with Crippen molar-refractivity contribution in [3.05, 3.63) is 65.0 Å². The molecule has 3 rings (SSSR count). The summed E-state index contributed by atoms with van der Waals surface area (Å²) in [5, 5.41) is 9.78. The highest BCUT2D eigenvalue weighted by Gasteiger charge is 2.05. The van der Waals surface area contributed by atoms with Crippen LogP contribution in [0.5, 0.6) is 5.75 Å². The third-order valence-corrected chi connectivity index (χ3v) is 4.66. The Morgan fingerprint density at radius 3 is 2.78 bits per heavy atom. The molecule has 0 unspecified atom stereocenters. The van der Waals surface area contributed by atoms with Gasteiger partial charge in [0, 0.05) is 29.4 Å². The summed E-state index contributed by atoms with van der Waals surface area (Å²) in [6.45, 7) is 3.27. The number of anilines is 1. The summed E-state index contributed by atoms with van der Waals surface area (Å²) >= 11 is 1.64. The highest BCUT2D eigenvalue weighted by molar-refractivity contribution is 7.08. The monoisotopic (exact) mass is 381 g/mol. The first-order valence-corrected chi connectivity index (χ1v) is 9.94. The molecule has 0 fully saturated rings. The number of amides is 2. The number of hydrogen-bond acceptors (Lipinski definition) is 4. The van der Waals surface area contributed by atoms with Gasteiger partial charge >= 0.3 is 6.03 Å². The molecule has 1 aromatic carbocycles. The van der Waals surface area contributed by atoms with Gasteiger partial charge < -0.3 is 15.4 Å². The molecule has 0 aliphatic heterocycles. The van der Waals surface area contributed by atoms with E-state index in [4.69, 9.17) is 4.74 Å². The van der Waals surface area contributed by atoms with E-state index in [9.17, 15) is 4.79 Å². The number of aromatic nitrogens is 1. The predicted molar refractivity (Wildman–Crippen MR) is 110 cm³/mol. The maximum atomic E-state index is 12.1. The molecule has 0 spiro atoms. The number of carbonyl (C=O) groups excluding carboxylic acids is 1. The highest BCUT2D eigenvalue weighted by Crippen LogP contribution is 2.20. The van der Waals surface area contributed by atoms with Gasteiger partial charge in [-0.2, -0.15) is 11.3 Å². The topological polar surface area (TPSA) is 63.2 Å². The van der Waals surface area contributed by atoms with E-state index in [1.54, 1.807) is 17.5 Å². The average molecular weight is 382 g/mol. The van der Waals surface area contributed by atoms with Crippen molar-refractivity contribution in [2.45, 2.75) is 26.3 Å². The molecule has 0 saturated carbocycles. The summed E-state index contributed by atoms with van der Waals surface area (Å²) in [5.74, 6) is 0.812. The first-order valence-electron chi connectivity index (χ1n) is 9.00. The van der Waals surface area contributed by atoms with E-state index in [0.717, 1.165) is 41.1 Å². The average Bonchev–Trinajstić information content (AvgIpc) is 3.23. The van der Waals surface area contributed by atoms with Crippen molar-refractivity contribution in [1.29, 1.82) is 0 Å². The van der Waals surface area contributed by atoms with Crippen molar-refractivity contribution in [1.82, 2.24) is 10.3 Å². The summed E-state index contributed by atoms with van der Waals surface area (Å²) in [6.07, 6.45) is 3.90. The molecule has 2 aromatic heterocycles. The van der Waals surface area contributed by atoms with E-state index in [-0.39, 0.29) is 6.03 Å². The number of ether oxygens (including phenoxy) is 1. The smallest absolute Gasteiger partial charge is 0.319 e. The Labute approximate surface area is 163 Å². The second kappa shape index (κ2) is 9.73. The summed E-state index contributed by atoms with van der Waals surface area (Å²) in [4.78, 5) is 16.5. The van der Waals surface area contributed by atoms with Gasteiger partial charge in [-0.25, -0.2) is 4.79 Å². The lowest BCUT2D eigenvalue weighted by molar-refractivity contribution is 0.251. The fourth-order valence-corrected chi connectivity index (χ4v) is 3.13. The summed E-state index contributed by atoms with van der Waals surface area (Å²) in [7, 11) is 0. The molecule has 2 amide bonds. The SMILES string of the molecule is CCCCOc1ccc(NC(=O)NCc2ccnc(-c3ccsc3)c2)cc1. The number of unbranched alkanes of at least 4 members (excludes halogenated alkanes) is 1. The van der Waals surface area contributed by atoms with Crippen LogP contribution in [0.3, 0.4) is 0 Å². The number of nitrogens with zero attached hydrogens (tertiary/aromatic N) is 1. The molecule has 0 atom stereocenters. The van der Waals surface area contributed by atoms with E-state index in [1.807, 2.05) is 47.8 Å². The van der Waals surface area contributed by atoms with E-state index in [2.05, 4.69) is 27.9 Å². The Morgan fingerprint density at radius 1 is 1.19 bits per heavy atom. The molecule has 0 aliphatic rings. The van der Waals surface area contributed by atoms with Gasteiger partial charge in [0.2, 0.25) is 0 Å². The number of rotatable bonds is 8. The minimum Gasteiger partial charge on any atom is -0.494 e. The molecule has 5 nitrogen and oxygen atoms in total. The van der Waals surface area contributed by atoms with E-state index in [1.165, 1.54) is 0 Å². The first-order chi connectivity index (χ1) is 13.2. The number of carbonyl (C=O) groups is 1. The van der Waals surface area contributed by atoms with Gasteiger partial charge in [0.15, 0.2) is 0 Å². The summed E-state index contributed by atoms with van der Waals surface area (Å²) < 4.78 is 5.62. The van der Waals surface area contributed by atoms with Crippen molar-refractivity contribution in [2.24, 2.45) is 0 Å². The molecule has 27 heavy (non-hydrogen) atoms. The van der Waals surface area contributed by atoms with Crippen LogP contribution in [0.4, 0.5) is 10.5 Å². The molecular weight excluding hydrogens is 358 g/mol. The predicted octanol–water partition coefficient (Wildman–Crippen LogP) is 5.31. The number of pyridine rings is 1. The number of hydrogen-bond donors (Lipinski definition) is 2. The summed E-state index contributed by atoms with van der Waals surface area (Å²) in [5.41, 5.74) is 3.73. The van der Waals surface area contributed by atoms with Gasteiger partial charge in [-0.3, -0.25) is 4.98 Å². The van der Waals surface area contributed by atoms with Crippen LogP contribution in [0, 0.1) is 0 Å². The first kappa shape index (κ1) is 18.9. The van der Waals surface area contributed by atoms with Crippen LogP contribution in [0.1, 0.15) is 25.3 Å². The minimum atomic E-state index is -0.247. The molecule has 3 aromatic rings. The van der Waals surface area contributed by atoms with E-state index >= 15 is 0 Å². The van der Waals surface area contributed by atoms with Crippen molar-refractivity contribution in [3.63, 3.8) is 0 Å². The largest absolute Gasteiger partial charge is 0.494 e. The quantitative estimate of drug-likeness (QED) is 0.520. The van der Waals surface area contributed by atoms with E-state index in [0.29, 0.717) is 13.2 Å². The molecule has 0 aliphatic carbocycles. The Balaban J connectivity index is 1.49. The van der Waals surface area contributed by atoms with Gasteiger partial charge in [-0.05, 0) is 59.8 Å². The lowest BCUT2D eigenvalue weighted by atomic mass is 10.1. The zero-order valence-electron chi connectivity index (χ0n) is 15.3. The lowest BCUT2D eigenvalue weighted by Gasteiger charge is -2.10. The number of urea groups is 1. The third-order valence-electron chi connectivity index (χ3n) is 3.97. The Kier molecular flexibility index (Phi) is 6.82. The van der Waals surface area contributed by atoms with Crippen molar-refractivity contribution >= 4 is 23.1 Å². The molecular formula is C21H23N3O2S. The van der Waals surface area contributed by atoms with Gasteiger partial charge in [0.1, 0.15) is 5.75 Å². The van der Waals surface area contributed by atoms with Crippen LogP contribution in [-0.4, -0.2) is 17.6 Å². The van der Waals surface area contributed by atoms with Crippen molar-refractivity contribution in [2.75, 3.05) is 11.9 Å². The van der Waals surface area contributed by atoms with Crippen LogP contribution in [0.2, 0.25) is 0 Å². The van der Waals surface area contributed by atoms with E-state index < -0.39 is 0 Å². The fourth-order valence-electron chi connectivity index (χ4n) is 2.48. The second-order valence-corrected chi connectivity index (χ2v) is 6.88. The van der Waals surface area contributed by atoms with Crippen LogP contribution in [-0.2, 0) is 6.54 Å². The zero-order chi connectivity index (χ0) is 18.9. The maximum Gasteiger partial charge on any atom is 0.319 e. The van der Waals surface area contributed by atoms with Gasteiger partial charge in [0.05, 0.1) is 12.3 Å². The van der Waals surface area contributed by atoms with Crippen LogP contribution in [0.15, 0.2) is 59.4 Å². The molecule has 0 saturated heterocycles. The number of thiophene rings is 1. The standard InChI is InChI=1S/C21H23N3O2S/c1-2-3-11-26-19-6-4-18(5-7-19)24-21(25)23-14-16-8-10-22-20(13-16)17-9-12-27-15-17/h4-10,12-13,15H,2-3,11,14H2,1H3,(H2,23,24,25). The van der Waals surface area contributed by atoms with Crippen molar-refractivity contribution < 1.29 is 9.53 Å². The molecule has 2 N–H and O–H groups in total. The van der Waals surface area contributed by atoms with Gasteiger partial charge in [0.25, 0.3) is 0 Å². The maximum absolute atomic E-state index is 12.1. The van der Waals surface area contributed by atoms with Crippen molar-refractivity contribution in [3.8, 4) is 17.0 Å². The van der Waals surface area contributed by atoms with Gasteiger partial charge in [-0.1, -0.05) is 13.3 Å². The lowest BCUT2D eigenvalue weighted by Crippen LogP contribution is -2.28. The van der Waals surface area contributed by atoms with Crippen LogP contribution in [0.25, 0.3) is 11.3 Å². The van der Waals surface area contributed by atoms with Crippen LogP contribution < -0.4 is 15.4 Å². The molecule has 6 heteroatoms.